The molecule has 0 aliphatic heterocycles. The zero-order valence-corrected chi connectivity index (χ0v) is 15.6. The number of rotatable bonds is 3. The van der Waals surface area contributed by atoms with Crippen molar-refractivity contribution in [1.29, 1.82) is 0 Å². The Morgan fingerprint density at radius 1 is 1.32 bits per heavy atom. The summed E-state index contributed by atoms with van der Waals surface area (Å²) in [5.41, 5.74) is 4.12. The van der Waals surface area contributed by atoms with Crippen LogP contribution in [0.2, 0.25) is 5.02 Å². The summed E-state index contributed by atoms with van der Waals surface area (Å²) in [7, 11) is 0. The van der Waals surface area contributed by atoms with Crippen molar-refractivity contribution in [2.24, 2.45) is 0 Å². The summed E-state index contributed by atoms with van der Waals surface area (Å²) in [6.45, 7) is 6.08. The van der Waals surface area contributed by atoms with Gasteiger partial charge in [0.1, 0.15) is 10.5 Å². The Bertz CT molecular complexity index is 1160. The van der Waals surface area contributed by atoms with Crippen LogP contribution in [0.15, 0.2) is 52.6 Å². The van der Waals surface area contributed by atoms with Gasteiger partial charge >= 0.3 is 0 Å². The number of hydrogen-bond acceptors (Lipinski definition) is 5. The third-order valence-electron chi connectivity index (χ3n) is 3.78. The average Bonchev–Trinajstić information content (AvgIpc) is 3.24. The van der Waals surface area contributed by atoms with Crippen molar-refractivity contribution in [1.82, 2.24) is 14.5 Å². The minimum absolute atomic E-state index is 0.150. The van der Waals surface area contributed by atoms with E-state index in [2.05, 4.69) is 11.6 Å². The van der Waals surface area contributed by atoms with Gasteiger partial charge in [0.2, 0.25) is 0 Å². The SMILES string of the molecule is C=C(c1cscn1)c1nc2cc(C)sc2c(=O)n1-c1ccccc1Cl. The Labute approximate surface area is 156 Å². The van der Waals surface area contributed by atoms with Crippen LogP contribution in [-0.4, -0.2) is 14.5 Å². The standard InChI is InChI=1S/C18H12ClN3OS2/c1-10-7-13-16(25-10)18(23)22(15-6-4-3-5-12(15)19)17(21-13)11(2)14-8-24-9-20-14/h3-9H,2H2,1H3. The third-order valence-corrected chi connectivity index (χ3v) is 5.71. The van der Waals surface area contributed by atoms with Crippen molar-refractivity contribution < 1.29 is 0 Å². The van der Waals surface area contributed by atoms with E-state index in [9.17, 15) is 4.79 Å². The zero-order valence-electron chi connectivity index (χ0n) is 13.2. The number of benzene rings is 1. The molecule has 0 unspecified atom stereocenters. The lowest BCUT2D eigenvalue weighted by Crippen LogP contribution is -2.23. The molecule has 0 spiro atoms. The first kappa shape index (κ1) is 16.2. The van der Waals surface area contributed by atoms with Gasteiger partial charge in [0.05, 0.1) is 27.4 Å². The Kier molecular flexibility index (Phi) is 4.03. The zero-order chi connectivity index (χ0) is 17.6. The van der Waals surface area contributed by atoms with Gasteiger partial charge in [-0.3, -0.25) is 9.36 Å². The van der Waals surface area contributed by atoms with Crippen molar-refractivity contribution in [3.05, 3.63) is 79.6 Å². The predicted octanol–water partition coefficient (Wildman–Crippen LogP) is 4.93. The normalized spacial score (nSPS) is 11.1. The molecular weight excluding hydrogens is 374 g/mol. The molecule has 1 aromatic carbocycles. The molecule has 3 aromatic heterocycles. The van der Waals surface area contributed by atoms with Crippen molar-refractivity contribution in [3.63, 3.8) is 0 Å². The van der Waals surface area contributed by atoms with Crippen LogP contribution in [0.3, 0.4) is 0 Å². The van der Waals surface area contributed by atoms with E-state index in [0.717, 1.165) is 4.88 Å². The van der Waals surface area contributed by atoms with Crippen LogP contribution in [-0.2, 0) is 0 Å². The van der Waals surface area contributed by atoms with Crippen LogP contribution in [0.25, 0.3) is 21.5 Å². The molecule has 4 rings (SSSR count). The fourth-order valence-corrected chi connectivity index (χ4v) is 4.30. The summed E-state index contributed by atoms with van der Waals surface area (Å²) in [6.07, 6.45) is 0. The molecule has 0 N–H and O–H groups in total. The lowest BCUT2D eigenvalue weighted by atomic mass is 10.2. The summed E-state index contributed by atoms with van der Waals surface area (Å²) < 4.78 is 2.13. The molecule has 25 heavy (non-hydrogen) atoms. The Balaban J connectivity index is 2.10. The van der Waals surface area contributed by atoms with Gasteiger partial charge in [-0.25, -0.2) is 9.97 Å². The van der Waals surface area contributed by atoms with Crippen molar-refractivity contribution in [2.45, 2.75) is 6.92 Å². The number of thiazole rings is 1. The highest BCUT2D eigenvalue weighted by atomic mass is 35.5. The molecule has 0 aliphatic carbocycles. The molecule has 0 radical (unpaired) electrons. The maximum absolute atomic E-state index is 13.2. The maximum Gasteiger partial charge on any atom is 0.276 e. The minimum Gasteiger partial charge on any atom is -0.267 e. The second-order valence-electron chi connectivity index (χ2n) is 5.45. The van der Waals surface area contributed by atoms with E-state index in [0.29, 0.717) is 38.0 Å². The smallest absolute Gasteiger partial charge is 0.267 e. The van der Waals surface area contributed by atoms with E-state index in [1.54, 1.807) is 17.6 Å². The largest absolute Gasteiger partial charge is 0.276 e. The van der Waals surface area contributed by atoms with Gasteiger partial charge in [0.25, 0.3) is 5.56 Å². The van der Waals surface area contributed by atoms with Gasteiger partial charge in [0, 0.05) is 15.8 Å². The molecule has 0 amide bonds. The first-order valence-electron chi connectivity index (χ1n) is 7.42. The first-order chi connectivity index (χ1) is 12.1. The predicted molar refractivity (Wildman–Crippen MR) is 105 cm³/mol. The maximum atomic E-state index is 13.2. The van der Waals surface area contributed by atoms with Crippen LogP contribution in [0, 0.1) is 6.92 Å². The minimum atomic E-state index is -0.150. The van der Waals surface area contributed by atoms with Crippen molar-refractivity contribution in [3.8, 4) is 5.69 Å². The van der Waals surface area contributed by atoms with Crippen LogP contribution in [0.4, 0.5) is 0 Å². The second-order valence-corrected chi connectivity index (χ2v) is 7.83. The Morgan fingerprint density at radius 3 is 2.84 bits per heavy atom. The van der Waals surface area contributed by atoms with E-state index in [1.807, 2.05) is 30.5 Å². The lowest BCUT2D eigenvalue weighted by Gasteiger charge is -2.14. The van der Waals surface area contributed by atoms with E-state index >= 15 is 0 Å². The number of aromatic nitrogens is 3. The first-order valence-corrected chi connectivity index (χ1v) is 9.56. The molecule has 3 heterocycles. The van der Waals surface area contributed by atoms with Crippen LogP contribution < -0.4 is 5.56 Å². The summed E-state index contributed by atoms with van der Waals surface area (Å²) >= 11 is 9.26. The highest BCUT2D eigenvalue weighted by Gasteiger charge is 2.19. The molecule has 0 bridgehead atoms. The molecule has 4 aromatic rings. The van der Waals surface area contributed by atoms with Crippen molar-refractivity contribution in [2.75, 3.05) is 0 Å². The molecule has 0 aliphatic rings. The third kappa shape index (κ3) is 2.72. The fourth-order valence-electron chi connectivity index (χ4n) is 2.63. The molecule has 0 saturated heterocycles. The number of thiophene rings is 1. The number of nitrogens with zero attached hydrogens (tertiary/aromatic N) is 3. The number of aryl methyl sites for hydroxylation is 1. The van der Waals surface area contributed by atoms with E-state index in [-0.39, 0.29) is 5.56 Å². The molecule has 0 atom stereocenters. The molecule has 7 heteroatoms. The monoisotopic (exact) mass is 385 g/mol. The topological polar surface area (TPSA) is 47.8 Å². The highest BCUT2D eigenvalue weighted by molar-refractivity contribution is 7.18. The van der Waals surface area contributed by atoms with Gasteiger partial charge in [-0.05, 0) is 25.1 Å². The number of fused-ring (bicyclic) bond motifs is 1. The van der Waals surface area contributed by atoms with Gasteiger partial charge in [-0.2, -0.15) is 0 Å². The van der Waals surface area contributed by atoms with Crippen LogP contribution >= 0.6 is 34.3 Å². The fraction of sp³-hybridized carbons (Fsp3) is 0.0556. The molecular formula is C18H12ClN3OS2. The summed E-state index contributed by atoms with van der Waals surface area (Å²) in [4.78, 5) is 23.2. The summed E-state index contributed by atoms with van der Waals surface area (Å²) in [5.74, 6) is 0.453. The summed E-state index contributed by atoms with van der Waals surface area (Å²) in [5, 5.41) is 2.36. The number of halogens is 1. The van der Waals surface area contributed by atoms with Gasteiger partial charge < -0.3 is 0 Å². The summed E-state index contributed by atoms with van der Waals surface area (Å²) in [6, 6.07) is 9.13. The van der Waals surface area contributed by atoms with Crippen molar-refractivity contribution >= 4 is 50.1 Å². The lowest BCUT2D eigenvalue weighted by molar-refractivity contribution is 0.937. The molecule has 4 nitrogen and oxygen atoms in total. The molecule has 124 valence electrons. The van der Waals surface area contributed by atoms with E-state index in [4.69, 9.17) is 16.6 Å². The van der Waals surface area contributed by atoms with E-state index < -0.39 is 0 Å². The average molecular weight is 386 g/mol. The van der Waals surface area contributed by atoms with Gasteiger partial charge in [0.15, 0.2) is 0 Å². The Morgan fingerprint density at radius 2 is 2.12 bits per heavy atom. The van der Waals surface area contributed by atoms with E-state index in [1.165, 1.54) is 27.2 Å². The quantitative estimate of drug-likeness (QED) is 0.502. The molecule has 0 fully saturated rings. The van der Waals surface area contributed by atoms with Crippen LogP contribution in [0.1, 0.15) is 16.4 Å². The van der Waals surface area contributed by atoms with Crippen LogP contribution in [0.5, 0.6) is 0 Å². The highest BCUT2D eigenvalue weighted by Crippen LogP contribution is 2.28. The molecule has 0 saturated carbocycles. The number of hydrogen-bond donors (Lipinski definition) is 0. The Hall–Kier alpha value is -2.28. The number of para-hydroxylation sites is 1. The second kappa shape index (κ2) is 6.22. The van der Waals surface area contributed by atoms with Gasteiger partial charge in [-0.1, -0.05) is 30.3 Å². The van der Waals surface area contributed by atoms with Gasteiger partial charge in [-0.15, -0.1) is 22.7 Å².